The monoisotopic (exact) mass is 376 g/mol. The summed E-state index contributed by atoms with van der Waals surface area (Å²) in [6.45, 7) is -0.216. The van der Waals surface area contributed by atoms with Crippen molar-refractivity contribution in [3.8, 4) is 0 Å². The summed E-state index contributed by atoms with van der Waals surface area (Å²) in [6, 6.07) is 17.8. The molecule has 28 heavy (non-hydrogen) atoms. The summed E-state index contributed by atoms with van der Waals surface area (Å²) in [4.78, 5) is 36.4. The Morgan fingerprint density at radius 3 is 2.68 bits per heavy atom. The van der Waals surface area contributed by atoms with Crippen LogP contribution in [0.5, 0.6) is 0 Å². The van der Waals surface area contributed by atoms with Crippen LogP contribution in [0.4, 0.5) is 5.69 Å². The van der Waals surface area contributed by atoms with Crippen LogP contribution in [0.15, 0.2) is 69.9 Å². The van der Waals surface area contributed by atoms with Crippen LogP contribution in [0, 0.1) is 0 Å². The van der Waals surface area contributed by atoms with Crippen LogP contribution in [0.25, 0.3) is 21.9 Å². The second-order valence-electron chi connectivity index (χ2n) is 6.20. The predicted octanol–water partition coefficient (Wildman–Crippen LogP) is 3.17. The molecule has 7 nitrogen and oxygen atoms in total. The summed E-state index contributed by atoms with van der Waals surface area (Å²) in [5.41, 5.74) is 1.56. The van der Waals surface area contributed by atoms with E-state index in [2.05, 4.69) is 10.1 Å². The lowest BCUT2D eigenvalue weighted by Crippen LogP contribution is -2.24. The molecule has 0 bridgehead atoms. The fourth-order valence-electron chi connectivity index (χ4n) is 3.13. The molecule has 0 saturated carbocycles. The standard InChI is InChI=1S/C21H16N2O5/c1-27-20(25)14-9-10-17-18(11-14)28-21(26)23(17)12-19(24)22-16-8-4-6-13-5-2-3-7-15(13)16/h2-11H,12H2,1H3,(H,22,24). The first-order valence-electron chi connectivity index (χ1n) is 8.56. The summed E-state index contributed by atoms with van der Waals surface area (Å²) in [7, 11) is 1.27. The molecule has 0 spiro atoms. The molecule has 3 aromatic carbocycles. The molecule has 1 N–H and O–H groups in total. The van der Waals surface area contributed by atoms with E-state index in [1.165, 1.54) is 23.8 Å². The molecule has 1 aromatic heterocycles. The fourth-order valence-corrected chi connectivity index (χ4v) is 3.13. The summed E-state index contributed by atoms with van der Waals surface area (Å²) < 4.78 is 11.1. The molecule has 0 radical (unpaired) electrons. The number of nitrogens with zero attached hydrogens (tertiary/aromatic N) is 1. The lowest BCUT2D eigenvalue weighted by molar-refractivity contribution is -0.116. The van der Waals surface area contributed by atoms with Crippen LogP contribution in [0.3, 0.4) is 0 Å². The third-order valence-corrected chi connectivity index (χ3v) is 4.45. The maximum absolute atomic E-state index is 12.6. The zero-order valence-corrected chi connectivity index (χ0v) is 15.0. The first-order chi connectivity index (χ1) is 13.6. The highest BCUT2D eigenvalue weighted by atomic mass is 16.5. The van der Waals surface area contributed by atoms with Gasteiger partial charge in [-0.3, -0.25) is 9.36 Å². The van der Waals surface area contributed by atoms with Crippen LogP contribution in [-0.4, -0.2) is 23.6 Å². The zero-order valence-electron chi connectivity index (χ0n) is 15.0. The molecule has 140 valence electrons. The lowest BCUT2D eigenvalue weighted by atomic mass is 10.1. The average molecular weight is 376 g/mol. The Kier molecular flexibility index (Phi) is 4.41. The first kappa shape index (κ1) is 17.5. The van der Waals surface area contributed by atoms with Gasteiger partial charge in [0.1, 0.15) is 6.54 Å². The van der Waals surface area contributed by atoms with Crippen molar-refractivity contribution < 1.29 is 18.7 Å². The summed E-state index contributed by atoms with van der Waals surface area (Å²) in [5.74, 6) is -1.57. The van der Waals surface area contributed by atoms with Gasteiger partial charge in [0.15, 0.2) is 5.58 Å². The van der Waals surface area contributed by atoms with Crippen molar-refractivity contribution in [2.75, 3.05) is 12.4 Å². The van der Waals surface area contributed by atoms with Crippen molar-refractivity contribution in [2.45, 2.75) is 6.54 Å². The van der Waals surface area contributed by atoms with E-state index in [1.54, 1.807) is 12.1 Å². The van der Waals surface area contributed by atoms with Crippen molar-refractivity contribution in [1.29, 1.82) is 0 Å². The Hall–Kier alpha value is -3.87. The minimum atomic E-state index is -0.676. The molecule has 1 heterocycles. The van der Waals surface area contributed by atoms with Crippen molar-refractivity contribution in [1.82, 2.24) is 4.57 Å². The number of anilines is 1. The summed E-state index contributed by atoms with van der Waals surface area (Å²) in [6.07, 6.45) is 0. The smallest absolute Gasteiger partial charge is 0.420 e. The number of hydrogen-bond donors (Lipinski definition) is 1. The summed E-state index contributed by atoms with van der Waals surface area (Å²) >= 11 is 0. The molecule has 0 aliphatic carbocycles. The molecule has 0 unspecified atom stereocenters. The molecule has 0 fully saturated rings. The highest BCUT2D eigenvalue weighted by Crippen LogP contribution is 2.23. The number of fused-ring (bicyclic) bond motifs is 2. The topological polar surface area (TPSA) is 90.5 Å². The van der Waals surface area contributed by atoms with Crippen LogP contribution >= 0.6 is 0 Å². The fraction of sp³-hybridized carbons (Fsp3) is 0.0952. The molecule has 0 aliphatic heterocycles. The molecular weight excluding hydrogens is 360 g/mol. The number of esters is 1. The zero-order chi connectivity index (χ0) is 19.7. The van der Waals surface area contributed by atoms with Gasteiger partial charge in [0.25, 0.3) is 0 Å². The van der Waals surface area contributed by atoms with Gasteiger partial charge in [0.05, 0.1) is 18.2 Å². The number of carbonyl (C=O) groups is 2. The number of oxazole rings is 1. The molecule has 0 saturated heterocycles. The highest BCUT2D eigenvalue weighted by molar-refractivity contribution is 6.02. The Morgan fingerprint density at radius 2 is 1.86 bits per heavy atom. The molecule has 0 aliphatic rings. The Bertz CT molecular complexity index is 1260. The second-order valence-corrected chi connectivity index (χ2v) is 6.20. The average Bonchev–Trinajstić information content (AvgIpc) is 3.02. The third kappa shape index (κ3) is 3.14. The molecule has 0 atom stereocenters. The number of methoxy groups -OCH3 is 1. The maximum atomic E-state index is 12.6. The minimum absolute atomic E-state index is 0.214. The quantitative estimate of drug-likeness (QED) is 0.553. The first-order valence-corrected chi connectivity index (χ1v) is 8.56. The van der Waals surface area contributed by atoms with E-state index in [0.717, 1.165) is 10.8 Å². The molecule has 4 rings (SSSR count). The van der Waals surface area contributed by atoms with E-state index >= 15 is 0 Å². The molecule has 4 aromatic rings. The third-order valence-electron chi connectivity index (χ3n) is 4.45. The number of amides is 1. The Balaban J connectivity index is 1.62. The molecule has 7 heteroatoms. The van der Waals surface area contributed by atoms with Gasteiger partial charge in [0.2, 0.25) is 5.91 Å². The largest absolute Gasteiger partial charge is 0.465 e. The van der Waals surface area contributed by atoms with E-state index < -0.39 is 11.7 Å². The lowest BCUT2D eigenvalue weighted by Gasteiger charge is -2.09. The van der Waals surface area contributed by atoms with Crippen molar-refractivity contribution >= 4 is 39.4 Å². The number of rotatable bonds is 4. The minimum Gasteiger partial charge on any atom is -0.465 e. The van der Waals surface area contributed by atoms with Gasteiger partial charge in [-0.25, -0.2) is 9.59 Å². The van der Waals surface area contributed by atoms with Crippen LogP contribution in [0.2, 0.25) is 0 Å². The van der Waals surface area contributed by atoms with Crippen molar-refractivity contribution in [3.63, 3.8) is 0 Å². The number of aromatic nitrogens is 1. The van der Waals surface area contributed by atoms with Crippen LogP contribution in [0.1, 0.15) is 10.4 Å². The second kappa shape index (κ2) is 7.03. The van der Waals surface area contributed by atoms with Gasteiger partial charge in [-0.05, 0) is 29.7 Å². The number of carbonyl (C=O) groups excluding carboxylic acids is 2. The van der Waals surface area contributed by atoms with Crippen LogP contribution < -0.4 is 11.1 Å². The van der Waals surface area contributed by atoms with Gasteiger partial charge in [-0.15, -0.1) is 0 Å². The van der Waals surface area contributed by atoms with E-state index in [0.29, 0.717) is 11.2 Å². The van der Waals surface area contributed by atoms with Crippen molar-refractivity contribution in [3.05, 3.63) is 76.8 Å². The van der Waals surface area contributed by atoms with E-state index in [9.17, 15) is 14.4 Å². The van der Waals surface area contributed by atoms with Gasteiger partial charge >= 0.3 is 11.7 Å². The normalized spacial score (nSPS) is 10.9. The maximum Gasteiger partial charge on any atom is 0.420 e. The van der Waals surface area contributed by atoms with Gasteiger partial charge in [0, 0.05) is 11.1 Å². The molecule has 1 amide bonds. The van der Waals surface area contributed by atoms with Crippen molar-refractivity contribution in [2.24, 2.45) is 0 Å². The Labute approximate surface area is 159 Å². The number of hydrogen-bond acceptors (Lipinski definition) is 5. The van der Waals surface area contributed by atoms with Gasteiger partial charge < -0.3 is 14.5 Å². The number of benzene rings is 3. The van der Waals surface area contributed by atoms with E-state index in [4.69, 9.17) is 4.42 Å². The van der Waals surface area contributed by atoms with E-state index in [1.807, 2.05) is 36.4 Å². The number of ether oxygens (including phenoxy) is 1. The predicted molar refractivity (Wildman–Crippen MR) is 104 cm³/mol. The number of nitrogens with one attached hydrogen (secondary N) is 1. The molecular formula is C21H16N2O5. The highest BCUT2D eigenvalue weighted by Gasteiger charge is 2.16. The SMILES string of the molecule is COC(=O)c1ccc2c(c1)oc(=O)n2CC(=O)Nc1cccc2ccccc12. The summed E-state index contributed by atoms with van der Waals surface area (Å²) in [5, 5.41) is 4.75. The van der Waals surface area contributed by atoms with E-state index in [-0.39, 0.29) is 23.6 Å². The van der Waals surface area contributed by atoms with Gasteiger partial charge in [-0.1, -0.05) is 36.4 Å². The van der Waals surface area contributed by atoms with Gasteiger partial charge in [-0.2, -0.15) is 0 Å². The van der Waals surface area contributed by atoms with Crippen LogP contribution in [-0.2, 0) is 16.1 Å². The Morgan fingerprint density at radius 1 is 1.07 bits per heavy atom.